The number of esters is 1. The monoisotopic (exact) mass is 500 g/mol. The highest BCUT2D eigenvalue weighted by molar-refractivity contribution is 6.31. The van der Waals surface area contributed by atoms with Crippen LogP contribution < -0.4 is 4.74 Å². The molecule has 2 aromatic heterocycles. The Morgan fingerprint density at radius 3 is 2.39 bits per heavy atom. The van der Waals surface area contributed by atoms with E-state index in [2.05, 4.69) is 14.7 Å². The van der Waals surface area contributed by atoms with Crippen molar-refractivity contribution in [1.29, 1.82) is 0 Å². The van der Waals surface area contributed by atoms with Crippen molar-refractivity contribution in [3.8, 4) is 11.6 Å². The molecule has 0 aliphatic rings. The molecule has 1 aromatic carbocycles. The Kier molecular flexibility index (Phi) is 7.16. The summed E-state index contributed by atoms with van der Waals surface area (Å²) < 4.78 is 52.6. The van der Waals surface area contributed by atoms with E-state index in [0.29, 0.717) is 0 Å². The molecule has 2 heterocycles. The van der Waals surface area contributed by atoms with E-state index in [1.54, 1.807) is 0 Å². The van der Waals surface area contributed by atoms with Gasteiger partial charge >= 0.3 is 12.1 Å². The number of carbonyl (C=O) groups excluding carboxylic acids is 1. The fourth-order valence-electron chi connectivity index (χ4n) is 3.24. The van der Waals surface area contributed by atoms with E-state index in [1.807, 2.05) is 0 Å². The van der Waals surface area contributed by atoms with Gasteiger partial charge in [-0.1, -0.05) is 30.1 Å². The number of aromatic nitrogens is 2. The lowest BCUT2D eigenvalue weighted by Gasteiger charge is -2.37. The molecule has 0 bridgehead atoms. The predicted molar refractivity (Wildman–Crippen MR) is 115 cm³/mol. The molecular formula is C22H17Cl2F3N2O4. The van der Waals surface area contributed by atoms with Gasteiger partial charge in [0, 0.05) is 29.4 Å². The summed E-state index contributed by atoms with van der Waals surface area (Å²) >= 11 is 12.0. The van der Waals surface area contributed by atoms with Crippen LogP contribution in [0.25, 0.3) is 0 Å². The van der Waals surface area contributed by atoms with Gasteiger partial charge in [0.05, 0.1) is 12.7 Å². The average Bonchev–Trinajstić information content (AvgIpc) is 2.78. The summed E-state index contributed by atoms with van der Waals surface area (Å²) in [6, 6.07) is 8.87. The number of aliphatic hydroxyl groups is 1. The molecule has 11 heteroatoms. The third-order valence-electron chi connectivity index (χ3n) is 5.04. The fraction of sp³-hybridized carbons (Fsp3) is 0.227. The molecular weight excluding hydrogens is 484 g/mol. The number of alkyl halides is 3. The van der Waals surface area contributed by atoms with Crippen molar-refractivity contribution in [2.24, 2.45) is 0 Å². The third-order valence-corrected chi connectivity index (χ3v) is 5.59. The second-order valence-electron chi connectivity index (χ2n) is 7.02. The normalized spacial score (nSPS) is 14.3. The summed E-state index contributed by atoms with van der Waals surface area (Å²) in [5, 5.41) is 10.7. The zero-order chi connectivity index (χ0) is 24.4. The maximum Gasteiger partial charge on any atom is 0.422 e. The molecule has 174 valence electrons. The lowest BCUT2D eigenvalue weighted by Crippen LogP contribution is -2.46. The number of hydrogen-bond acceptors (Lipinski definition) is 6. The number of methoxy groups -OCH3 is 1. The number of benzene rings is 1. The van der Waals surface area contributed by atoms with Crippen LogP contribution >= 0.6 is 23.2 Å². The van der Waals surface area contributed by atoms with E-state index in [0.717, 1.165) is 18.3 Å². The van der Waals surface area contributed by atoms with Crippen LogP contribution in [-0.2, 0) is 10.3 Å². The molecule has 0 amide bonds. The molecule has 3 rings (SSSR count). The van der Waals surface area contributed by atoms with Gasteiger partial charge in [-0.05, 0) is 47.5 Å². The van der Waals surface area contributed by atoms with Gasteiger partial charge in [0.1, 0.15) is 10.9 Å². The Balaban J connectivity index is 1.98. The molecule has 6 nitrogen and oxygen atoms in total. The summed E-state index contributed by atoms with van der Waals surface area (Å²) in [5.74, 6) is -1.94. The van der Waals surface area contributed by atoms with Crippen molar-refractivity contribution in [3.63, 3.8) is 0 Å². The molecule has 0 spiro atoms. The van der Waals surface area contributed by atoms with Crippen molar-refractivity contribution < 1.29 is 32.5 Å². The Labute approximate surface area is 196 Å². The Bertz CT molecular complexity index is 1160. The van der Waals surface area contributed by atoms with Crippen LogP contribution in [0, 0.1) is 0 Å². The molecule has 0 unspecified atom stereocenters. The second-order valence-corrected chi connectivity index (χ2v) is 7.81. The second kappa shape index (κ2) is 9.54. The number of ether oxygens (including phenoxy) is 2. The SMILES string of the molecule is COC(=O)c1ccc(Oc2ccc(Cl)c([C@@H](C)[C@@](O)(c3ccnc(Cl)c3)C(F)(F)F)c2)nc1. The molecule has 2 atom stereocenters. The Morgan fingerprint density at radius 1 is 1.09 bits per heavy atom. The van der Waals surface area contributed by atoms with Crippen molar-refractivity contribution in [2.75, 3.05) is 7.11 Å². The lowest BCUT2D eigenvalue weighted by molar-refractivity contribution is -0.274. The summed E-state index contributed by atoms with van der Waals surface area (Å²) in [6.45, 7) is 1.19. The number of rotatable bonds is 6. The highest BCUT2D eigenvalue weighted by Gasteiger charge is 2.59. The number of pyridine rings is 2. The standard InChI is InChI=1S/C22H17Cl2F3N2O4/c1-12(21(31,22(25,26)27)14-7-8-28-18(24)9-14)16-10-15(4-5-17(16)23)33-19-6-3-13(11-29-19)20(30)32-2/h3-12,31H,1-2H3/t12-,21-/m1/s1. The maximum atomic E-state index is 14.1. The van der Waals surface area contributed by atoms with E-state index < -0.39 is 29.2 Å². The van der Waals surface area contributed by atoms with Crippen LogP contribution in [0.4, 0.5) is 13.2 Å². The Hall–Kier alpha value is -2.88. The van der Waals surface area contributed by atoms with E-state index in [9.17, 15) is 23.1 Å². The topological polar surface area (TPSA) is 81.5 Å². The first kappa shape index (κ1) is 24.8. The van der Waals surface area contributed by atoms with Crippen LogP contribution in [0.15, 0.2) is 54.9 Å². The maximum absolute atomic E-state index is 14.1. The lowest BCUT2D eigenvalue weighted by atomic mass is 9.78. The third kappa shape index (κ3) is 5.05. The van der Waals surface area contributed by atoms with Crippen LogP contribution in [0.2, 0.25) is 10.2 Å². The van der Waals surface area contributed by atoms with Gasteiger partial charge in [0.2, 0.25) is 5.88 Å². The zero-order valence-corrected chi connectivity index (χ0v) is 18.7. The zero-order valence-electron chi connectivity index (χ0n) is 17.2. The number of nitrogens with zero attached hydrogens (tertiary/aromatic N) is 2. The molecule has 1 N–H and O–H groups in total. The first-order chi connectivity index (χ1) is 15.5. The molecule has 33 heavy (non-hydrogen) atoms. The summed E-state index contributed by atoms with van der Waals surface area (Å²) in [5.41, 5.74) is -3.62. The van der Waals surface area contributed by atoms with E-state index in [1.165, 1.54) is 50.6 Å². The molecule has 0 fully saturated rings. The fourth-order valence-corrected chi connectivity index (χ4v) is 3.70. The highest BCUT2D eigenvalue weighted by Crippen LogP contribution is 2.50. The number of carbonyl (C=O) groups is 1. The summed E-state index contributed by atoms with van der Waals surface area (Å²) in [6.07, 6.45) is -2.76. The number of hydrogen-bond donors (Lipinski definition) is 1. The largest absolute Gasteiger partial charge is 0.465 e. The van der Waals surface area contributed by atoms with Gasteiger partial charge in [-0.25, -0.2) is 14.8 Å². The first-order valence-corrected chi connectivity index (χ1v) is 10.2. The number of halogens is 5. The molecule has 0 aliphatic carbocycles. The van der Waals surface area contributed by atoms with Crippen molar-refractivity contribution in [3.05, 3.63) is 81.7 Å². The highest BCUT2D eigenvalue weighted by atomic mass is 35.5. The van der Waals surface area contributed by atoms with Crippen molar-refractivity contribution in [2.45, 2.75) is 24.6 Å². The minimum Gasteiger partial charge on any atom is -0.465 e. The molecule has 0 radical (unpaired) electrons. The van der Waals surface area contributed by atoms with Crippen LogP contribution in [0.5, 0.6) is 11.6 Å². The van der Waals surface area contributed by atoms with Gasteiger partial charge in [0.15, 0.2) is 5.60 Å². The van der Waals surface area contributed by atoms with Gasteiger partial charge in [0.25, 0.3) is 0 Å². The molecule has 3 aromatic rings. The van der Waals surface area contributed by atoms with Gasteiger partial charge in [-0.15, -0.1) is 0 Å². The minimum atomic E-state index is -5.07. The van der Waals surface area contributed by atoms with Gasteiger partial charge < -0.3 is 14.6 Å². The van der Waals surface area contributed by atoms with E-state index >= 15 is 0 Å². The quantitative estimate of drug-likeness (QED) is 0.334. The minimum absolute atomic E-state index is 0.00771. The smallest absolute Gasteiger partial charge is 0.422 e. The molecule has 0 aliphatic heterocycles. The first-order valence-electron chi connectivity index (χ1n) is 9.40. The molecule has 0 saturated carbocycles. The summed E-state index contributed by atoms with van der Waals surface area (Å²) in [4.78, 5) is 19.2. The average molecular weight is 501 g/mol. The molecule has 0 saturated heterocycles. The van der Waals surface area contributed by atoms with Gasteiger partial charge in [-0.3, -0.25) is 0 Å². The summed E-state index contributed by atoms with van der Waals surface area (Å²) in [7, 11) is 1.23. The van der Waals surface area contributed by atoms with Crippen LogP contribution in [0.3, 0.4) is 0 Å². The van der Waals surface area contributed by atoms with Crippen molar-refractivity contribution in [1.82, 2.24) is 9.97 Å². The van der Waals surface area contributed by atoms with Crippen LogP contribution in [0.1, 0.15) is 34.3 Å². The predicted octanol–water partition coefficient (Wildman–Crippen LogP) is 5.92. The van der Waals surface area contributed by atoms with E-state index in [-0.39, 0.29) is 32.9 Å². The van der Waals surface area contributed by atoms with Crippen molar-refractivity contribution >= 4 is 29.2 Å². The Morgan fingerprint density at radius 2 is 1.82 bits per heavy atom. The van der Waals surface area contributed by atoms with Crippen LogP contribution in [-0.4, -0.2) is 34.3 Å². The van der Waals surface area contributed by atoms with E-state index in [4.69, 9.17) is 27.9 Å². The van der Waals surface area contributed by atoms with Gasteiger partial charge in [-0.2, -0.15) is 13.2 Å².